The van der Waals surface area contributed by atoms with Crippen molar-refractivity contribution in [3.05, 3.63) is 117 Å². The molecule has 160 valence electrons. The number of hydrogen-bond acceptors (Lipinski definition) is 2. The minimum absolute atomic E-state index is 0.257. The molecule has 0 aliphatic rings. The van der Waals surface area contributed by atoms with Gasteiger partial charge in [-0.1, -0.05) is 54.6 Å². The lowest BCUT2D eigenvalue weighted by atomic mass is 10.1. The Morgan fingerprint density at radius 2 is 1.53 bits per heavy atom. The van der Waals surface area contributed by atoms with Gasteiger partial charge in [-0.15, -0.1) is 0 Å². The van der Waals surface area contributed by atoms with Gasteiger partial charge in [0.15, 0.2) is 0 Å². The van der Waals surface area contributed by atoms with Crippen molar-refractivity contribution in [1.82, 2.24) is 13.7 Å². The Bertz CT molecular complexity index is 1570. The lowest BCUT2D eigenvalue weighted by Crippen LogP contribution is -2.42. The fraction of sp³-hybridized carbons (Fsp3) is 0.185. The molecule has 2 heterocycles. The van der Waals surface area contributed by atoms with Crippen LogP contribution >= 0.6 is 0 Å². The average Bonchev–Trinajstić information content (AvgIpc) is 3.13. The second kappa shape index (κ2) is 7.68. The van der Waals surface area contributed by atoms with Crippen molar-refractivity contribution in [3.8, 4) is 0 Å². The summed E-state index contributed by atoms with van der Waals surface area (Å²) in [5, 5.41) is 1.70. The van der Waals surface area contributed by atoms with Gasteiger partial charge in [0, 0.05) is 24.1 Å². The summed E-state index contributed by atoms with van der Waals surface area (Å²) in [4.78, 5) is 27.2. The molecule has 0 fully saturated rings. The van der Waals surface area contributed by atoms with Crippen molar-refractivity contribution in [2.75, 3.05) is 0 Å². The Morgan fingerprint density at radius 3 is 2.31 bits per heavy atom. The smallest absolute Gasteiger partial charge is 0.332 e. The third kappa shape index (κ3) is 3.09. The number of aryl methyl sites for hydroxylation is 2. The monoisotopic (exact) mass is 423 g/mol. The first-order valence-electron chi connectivity index (χ1n) is 10.8. The Morgan fingerprint density at radius 1 is 0.844 bits per heavy atom. The first-order chi connectivity index (χ1) is 15.5. The van der Waals surface area contributed by atoms with E-state index in [1.165, 1.54) is 10.1 Å². The summed E-state index contributed by atoms with van der Waals surface area (Å²) in [6.07, 6.45) is 2.08. The van der Waals surface area contributed by atoms with E-state index in [0.717, 1.165) is 22.0 Å². The minimum Gasteiger partial charge on any atom is -0.350 e. The molecule has 2 aromatic heterocycles. The molecule has 0 aliphatic carbocycles. The highest BCUT2D eigenvalue weighted by Gasteiger charge is 2.20. The van der Waals surface area contributed by atoms with Crippen LogP contribution < -0.4 is 11.2 Å². The second-order valence-corrected chi connectivity index (χ2v) is 8.38. The highest BCUT2D eigenvalue weighted by molar-refractivity contribution is 5.87. The van der Waals surface area contributed by atoms with Crippen LogP contribution in [0.25, 0.3) is 21.8 Å². The molecule has 1 unspecified atom stereocenters. The third-order valence-corrected chi connectivity index (χ3v) is 6.38. The Hall–Kier alpha value is -3.86. The molecule has 0 saturated heterocycles. The molecule has 0 amide bonds. The molecular weight excluding hydrogens is 398 g/mol. The fourth-order valence-corrected chi connectivity index (χ4v) is 4.74. The Balaban J connectivity index is 1.78. The van der Waals surface area contributed by atoms with E-state index in [0.29, 0.717) is 17.4 Å². The molecule has 0 N–H and O–H groups in total. The number of para-hydroxylation sites is 1. The van der Waals surface area contributed by atoms with Gasteiger partial charge >= 0.3 is 5.69 Å². The molecule has 1 atom stereocenters. The summed E-state index contributed by atoms with van der Waals surface area (Å²) in [5.74, 6) is 0. The first-order valence-corrected chi connectivity index (χ1v) is 10.8. The average molecular weight is 424 g/mol. The van der Waals surface area contributed by atoms with Crippen molar-refractivity contribution in [2.45, 2.75) is 26.4 Å². The van der Waals surface area contributed by atoms with E-state index < -0.39 is 0 Å². The molecule has 0 radical (unpaired) electrons. The molecule has 0 saturated carbocycles. The highest BCUT2D eigenvalue weighted by atomic mass is 16.2. The predicted octanol–water partition coefficient (Wildman–Crippen LogP) is 4.62. The second-order valence-electron chi connectivity index (χ2n) is 8.38. The summed E-state index contributed by atoms with van der Waals surface area (Å²) >= 11 is 0. The number of rotatable bonds is 4. The highest BCUT2D eigenvalue weighted by Crippen LogP contribution is 2.25. The van der Waals surface area contributed by atoms with E-state index in [1.54, 1.807) is 10.6 Å². The van der Waals surface area contributed by atoms with Crippen LogP contribution in [0.4, 0.5) is 0 Å². The summed E-state index contributed by atoms with van der Waals surface area (Å²) in [6.45, 7) is 4.38. The maximum absolute atomic E-state index is 13.8. The van der Waals surface area contributed by atoms with Gasteiger partial charge in [-0.2, -0.15) is 0 Å². The van der Waals surface area contributed by atoms with Crippen molar-refractivity contribution in [2.24, 2.45) is 7.05 Å². The summed E-state index contributed by atoms with van der Waals surface area (Å²) < 4.78 is 5.21. The number of aromatic nitrogens is 3. The standard InChI is InChI=1S/C27H25N3O2/c1-18-10-9-15-24-25(18)21(16-28(24)3)17-29-23-14-8-7-13-22(23)26(31)30(27(29)32)19(2)20-11-5-4-6-12-20/h4-16,19H,17H2,1-3H3. The number of fused-ring (bicyclic) bond motifs is 2. The zero-order chi connectivity index (χ0) is 22.4. The molecule has 5 nitrogen and oxygen atoms in total. The van der Waals surface area contributed by atoms with Gasteiger partial charge in [0.2, 0.25) is 0 Å². The molecule has 5 rings (SSSR count). The summed E-state index contributed by atoms with van der Waals surface area (Å²) in [5.41, 5.74) is 4.39. The van der Waals surface area contributed by atoms with Crippen LogP contribution in [-0.4, -0.2) is 13.7 Å². The van der Waals surface area contributed by atoms with E-state index in [4.69, 9.17) is 0 Å². The molecular formula is C27H25N3O2. The molecule has 5 heteroatoms. The predicted molar refractivity (Wildman–Crippen MR) is 129 cm³/mol. The van der Waals surface area contributed by atoms with Gasteiger partial charge in [-0.25, -0.2) is 4.79 Å². The van der Waals surface area contributed by atoms with Gasteiger partial charge in [-0.05, 0) is 48.7 Å². The van der Waals surface area contributed by atoms with Crippen LogP contribution in [0.5, 0.6) is 0 Å². The quantitative estimate of drug-likeness (QED) is 0.423. The van der Waals surface area contributed by atoms with Gasteiger partial charge in [0.1, 0.15) is 0 Å². The molecule has 0 spiro atoms. The maximum Gasteiger partial charge on any atom is 0.332 e. The normalized spacial score (nSPS) is 12.5. The van der Waals surface area contributed by atoms with Crippen molar-refractivity contribution in [3.63, 3.8) is 0 Å². The largest absolute Gasteiger partial charge is 0.350 e. The fourth-order valence-electron chi connectivity index (χ4n) is 4.74. The van der Waals surface area contributed by atoms with Crippen LogP contribution in [-0.2, 0) is 13.6 Å². The summed E-state index contributed by atoms with van der Waals surface area (Å²) in [6, 6.07) is 22.9. The maximum atomic E-state index is 13.8. The molecule has 3 aromatic carbocycles. The minimum atomic E-state index is -0.374. The van der Waals surface area contributed by atoms with Gasteiger partial charge < -0.3 is 4.57 Å². The van der Waals surface area contributed by atoms with Crippen LogP contribution in [0.15, 0.2) is 88.6 Å². The Kier molecular flexibility index (Phi) is 4.82. The van der Waals surface area contributed by atoms with Crippen LogP contribution in [0, 0.1) is 6.92 Å². The van der Waals surface area contributed by atoms with Crippen molar-refractivity contribution in [1.29, 1.82) is 0 Å². The first kappa shape index (κ1) is 20.1. The van der Waals surface area contributed by atoms with E-state index in [2.05, 4.69) is 29.8 Å². The number of nitrogens with zero attached hydrogens (tertiary/aromatic N) is 3. The lowest BCUT2D eigenvalue weighted by Gasteiger charge is -2.19. The molecule has 0 aliphatic heterocycles. The van der Waals surface area contributed by atoms with Crippen molar-refractivity contribution >= 4 is 21.8 Å². The number of benzene rings is 3. The van der Waals surface area contributed by atoms with E-state index >= 15 is 0 Å². The SMILES string of the molecule is Cc1cccc2c1c(Cn1c(=O)n(C(C)c3ccccc3)c(=O)c3ccccc31)cn2C. The van der Waals surface area contributed by atoms with Gasteiger partial charge in [0.05, 0.1) is 23.5 Å². The van der Waals surface area contributed by atoms with Crippen LogP contribution in [0.2, 0.25) is 0 Å². The number of hydrogen-bond donors (Lipinski definition) is 0. The third-order valence-electron chi connectivity index (χ3n) is 6.38. The van der Waals surface area contributed by atoms with Crippen molar-refractivity contribution < 1.29 is 0 Å². The van der Waals surface area contributed by atoms with E-state index in [1.807, 2.05) is 68.6 Å². The molecule has 32 heavy (non-hydrogen) atoms. The summed E-state index contributed by atoms with van der Waals surface area (Å²) in [7, 11) is 2.02. The molecule has 0 bridgehead atoms. The zero-order valence-corrected chi connectivity index (χ0v) is 18.4. The molecule has 5 aromatic rings. The lowest BCUT2D eigenvalue weighted by molar-refractivity contribution is 0.551. The van der Waals surface area contributed by atoms with Gasteiger partial charge in [-0.3, -0.25) is 13.9 Å². The van der Waals surface area contributed by atoms with E-state index in [9.17, 15) is 9.59 Å². The Labute approximate surface area is 185 Å². The van der Waals surface area contributed by atoms with Crippen LogP contribution in [0.1, 0.15) is 29.7 Å². The van der Waals surface area contributed by atoms with Gasteiger partial charge in [0.25, 0.3) is 5.56 Å². The van der Waals surface area contributed by atoms with E-state index in [-0.39, 0.29) is 17.3 Å². The zero-order valence-electron chi connectivity index (χ0n) is 18.4. The van der Waals surface area contributed by atoms with Crippen LogP contribution in [0.3, 0.4) is 0 Å². The topological polar surface area (TPSA) is 48.9 Å².